The number of fused-ring (bicyclic) bond motifs is 2. The second kappa shape index (κ2) is 4.33. The smallest absolute Gasteiger partial charge is 0.0217 e. The Bertz CT molecular complexity index is 237. The van der Waals surface area contributed by atoms with Gasteiger partial charge in [-0.3, -0.25) is 4.90 Å². The molecule has 2 nitrogen and oxygen atoms in total. The summed E-state index contributed by atoms with van der Waals surface area (Å²) in [6.07, 6.45) is 6.15. The van der Waals surface area contributed by atoms with Gasteiger partial charge in [0, 0.05) is 31.1 Å². The summed E-state index contributed by atoms with van der Waals surface area (Å²) in [5, 5.41) is 0. The van der Waals surface area contributed by atoms with Gasteiger partial charge in [0.25, 0.3) is 0 Å². The van der Waals surface area contributed by atoms with Gasteiger partial charge in [0.1, 0.15) is 0 Å². The summed E-state index contributed by atoms with van der Waals surface area (Å²) in [5.41, 5.74) is 6.02. The van der Waals surface area contributed by atoms with E-state index in [0.29, 0.717) is 6.04 Å². The molecular formula is C12H20N2. The van der Waals surface area contributed by atoms with Gasteiger partial charge in [-0.2, -0.15) is 0 Å². The average Bonchev–Trinajstić information content (AvgIpc) is 2.42. The van der Waals surface area contributed by atoms with Crippen molar-refractivity contribution in [1.82, 2.24) is 4.90 Å². The molecule has 0 aromatic heterocycles. The van der Waals surface area contributed by atoms with Crippen LogP contribution in [-0.4, -0.2) is 29.6 Å². The fraction of sp³-hybridized carbons (Fsp3) is 0.833. The summed E-state index contributed by atoms with van der Waals surface area (Å²) in [4.78, 5) is 2.65. The maximum Gasteiger partial charge on any atom is 0.0217 e. The molecule has 0 aromatic carbocycles. The van der Waals surface area contributed by atoms with Crippen LogP contribution in [0.3, 0.4) is 0 Å². The molecule has 2 unspecified atom stereocenters. The third kappa shape index (κ3) is 1.94. The minimum absolute atomic E-state index is 0.459. The first-order valence-electron chi connectivity index (χ1n) is 5.72. The second-order valence-electron chi connectivity index (χ2n) is 4.53. The molecule has 0 amide bonds. The summed E-state index contributed by atoms with van der Waals surface area (Å²) < 4.78 is 0. The molecule has 0 aliphatic carbocycles. The first-order valence-corrected chi connectivity index (χ1v) is 5.72. The van der Waals surface area contributed by atoms with E-state index in [9.17, 15) is 0 Å². The third-order valence-corrected chi connectivity index (χ3v) is 3.59. The summed E-state index contributed by atoms with van der Waals surface area (Å²) in [7, 11) is 0. The number of nitrogens with zero attached hydrogens (tertiary/aromatic N) is 1. The number of nitrogens with two attached hydrogens (primary N) is 1. The number of rotatable bonds is 2. The largest absolute Gasteiger partial charge is 0.328 e. The van der Waals surface area contributed by atoms with Gasteiger partial charge in [-0.15, -0.1) is 11.8 Å². The van der Waals surface area contributed by atoms with Crippen molar-refractivity contribution in [3.05, 3.63) is 0 Å². The standard InChI is InChI=1S/C12H20N2/c1-2-3-4-7-14-11-5-6-12(14)9-10(13)8-11/h10-12H,4-9,13H2,1H3. The van der Waals surface area contributed by atoms with Crippen molar-refractivity contribution in [1.29, 1.82) is 0 Å². The Hall–Kier alpha value is -0.520. The molecular weight excluding hydrogens is 172 g/mol. The summed E-state index contributed by atoms with van der Waals surface area (Å²) in [5.74, 6) is 6.12. The highest BCUT2D eigenvalue weighted by atomic mass is 15.2. The number of piperidine rings is 1. The van der Waals surface area contributed by atoms with E-state index in [2.05, 4.69) is 16.7 Å². The molecule has 0 radical (unpaired) electrons. The zero-order chi connectivity index (χ0) is 9.97. The van der Waals surface area contributed by atoms with Crippen LogP contribution >= 0.6 is 0 Å². The van der Waals surface area contributed by atoms with Crippen molar-refractivity contribution < 1.29 is 0 Å². The molecule has 0 aromatic rings. The lowest BCUT2D eigenvalue weighted by molar-refractivity contribution is 0.131. The van der Waals surface area contributed by atoms with Crippen LogP contribution in [0.5, 0.6) is 0 Å². The van der Waals surface area contributed by atoms with Crippen LogP contribution in [0.4, 0.5) is 0 Å². The minimum atomic E-state index is 0.459. The van der Waals surface area contributed by atoms with E-state index < -0.39 is 0 Å². The van der Waals surface area contributed by atoms with Crippen molar-refractivity contribution in [3.63, 3.8) is 0 Å². The molecule has 14 heavy (non-hydrogen) atoms. The SMILES string of the molecule is CC#CCCN1C2CCC1CC(N)C2. The zero-order valence-electron chi connectivity index (χ0n) is 9.00. The van der Waals surface area contributed by atoms with Crippen LogP contribution in [-0.2, 0) is 0 Å². The van der Waals surface area contributed by atoms with E-state index in [1.165, 1.54) is 25.7 Å². The molecule has 2 fully saturated rings. The molecule has 0 spiro atoms. The highest BCUT2D eigenvalue weighted by Gasteiger charge is 2.38. The van der Waals surface area contributed by atoms with Gasteiger partial charge in [-0.25, -0.2) is 0 Å². The van der Waals surface area contributed by atoms with E-state index in [1.54, 1.807) is 0 Å². The van der Waals surface area contributed by atoms with E-state index in [0.717, 1.165) is 25.0 Å². The van der Waals surface area contributed by atoms with Crippen LogP contribution in [0.1, 0.15) is 39.0 Å². The van der Waals surface area contributed by atoms with Crippen LogP contribution in [0.2, 0.25) is 0 Å². The number of hydrogen-bond donors (Lipinski definition) is 1. The first kappa shape index (κ1) is 10.0. The average molecular weight is 192 g/mol. The Morgan fingerprint density at radius 1 is 1.29 bits per heavy atom. The molecule has 2 atom stereocenters. The van der Waals surface area contributed by atoms with Crippen molar-refractivity contribution in [2.75, 3.05) is 6.54 Å². The Labute approximate surface area is 86.8 Å². The lowest BCUT2D eigenvalue weighted by atomic mass is 9.98. The van der Waals surface area contributed by atoms with Crippen molar-refractivity contribution >= 4 is 0 Å². The van der Waals surface area contributed by atoms with E-state index >= 15 is 0 Å². The lowest BCUT2D eigenvalue weighted by Gasteiger charge is -2.37. The van der Waals surface area contributed by atoms with Gasteiger partial charge in [0.2, 0.25) is 0 Å². The quantitative estimate of drug-likeness (QED) is 0.669. The summed E-state index contributed by atoms with van der Waals surface area (Å²) >= 11 is 0. The molecule has 2 N–H and O–H groups in total. The van der Waals surface area contributed by atoms with Gasteiger partial charge in [-0.05, 0) is 32.6 Å². The maximum absolute atomic E-state index is 6.02. The monoisotopic (exact) mass is 192 g/mol. The fourth-order valence-corrected chi connectivity index (χ4v) is 2.99. The third-order valence-electron chi connectivity index (χ3n) is 3.59. The molecule has 2 aliphatic rings. The fourth-order valence-electron chi connectivity index (χ4n) is 2.99. The van der Waals surface area contributed by atoms with Gasteiger partial charge in [0.15, 0.2) is 0 Å². The van der Waals surface area contributed by atoms with Crippen LogP contribution in [0.15, 0.2) is 0 Å². The van der Waals surface area contributed by atoms with Crippen LogP contribution < -0.4 is 5.73 Å². The van der Waals surface area contributed by atoms with Crippen molar-refractivity contribution in [2.24, 2.45) is 5.73 Å². The molecule has 2 saturated heterocycles. The molecule has 2 heteroatoms. The Morgan fingerprint density at radius 2 is 1.93 bits per heavy atom. The zero-order valence-corrected chi connectivity index (χ0v) is 9.00. The molecule has 2 heterocycles. The predicted octanol–water partition coefficient (Wildman–Crippen LogP) is 1.35. The predicted molar refractivity (Wildman–Crippen MR) is 58.8 cm³/mol. The minimum Gasteiger partial charge on any atom is -0.328 e. The van der Waals surface area contributed by atoms with E-state index in [4.69, 9.17) is 5.73 Å². The topological polar surface area (TPSA) is 29.3 Å². The molecule has 2 rings (SSSR count). The van der Waals surface area contributed by atoms with E-state index in [1.807, 2.05) is 6.92 Å². The lowest BCUT2D eigenvalue weighted by Crippen LogP contribution is -2.47. The van der Waals surface area contributed by atoms with Crippen LogP contribution in [0, 0.1) is 11.8 Å². The number of hydrogen-bond acceptors (Lipinski definition) is 2. The highest BCUT2D eigenvalue weighted by molar-refractivity contribution is 5.00. The second-order valence-corrected chi connectivity index (χ2v) is 4.53. The van der Waals surface area contributed by atoms with Gasteiger partial charge in [0.05, 0.1) is 0 Å². The first-order chi connectivity index (χ1) is 6.81. The Morgan fingerprint density at radius 3 is 2.50 bits per heavy atom. The van der Waals surface area contributed by atoms with Gasteiger partial charge in [-0.1, -0.05) is 0 Å². The van der Waals surface area contributed by atoms with Crippen LogP contribution in [0.25, 0.3) is 0 Å². The Kier molecular flexibility index (Phi) is 3.10. The molecule has 2 aliphatic heterocycles. The summed E-state index contributed by atoms with van der Waals surface area (Å²) in [6.45, 7) is 3.07. The van der Waals surface area contributed by atoms with Crippen molar-refractivity contribution in [2.45, 2.75) is 57.2 Å². The van der Waals surface area contributed by atoms with Crippen molar-refractivity contribution in [3.8, 4) is 11.8 Å². The molecule has 0 saturated carbocycles. The molecule has 2 bridgehead atoms. The summed E-state index contributed by atoms with van der Waals surface area (Å²) in [6, 6.07) is 1.99. The van der Waals surface area contributed by atoms with E-state index in [-0.39, 0.29) is 0 Å². The maximum atomic E-state index is 6.02. The molecule has 78 valence electrons. The van der Waals surface area contributed by atoms with Gasteiger partial charge < -0.3 is 5.73 Å². The normalized spacial score (nSPS) is 36.6. The highest BCUT2D eigenvalue weighted by Crippen LogP contribution is 2.34. The van der Waals surface area contributed by atoms with Gasteiger partial charge >= 0.3 is 0 Å². The Balaban J connectivity index is 1.89.